The van der Waals surface area contributed by atoms with Crippen LogP contribution >= 0.6 is 0 Å². The summed E-state index contributed by atoms with van der Waals surface area (Å²) >= 11 is 0. The van der Waals surface area contributed by atoms with Gasteiger partial charge in [0.2, 0.25) is 0 Å². The molecular weight excluding hydrogens is 452 g/mol. The summed E-state index contributed by atoms with van der Waals surface area (Å²) in [4.78, 5) is 0. The maximum absolute atomic E-state index is 3.50. The number of hydrogen-bond acceptors (Lipinski definition) is 0. The minimum absolute atomic E-state index is 0. The normalized spacial score (nSPS) is 15.0. The Morgan fingerprint density at radius 3 is 1.45 bits per heavy atom. The number of rotatable bonds is 3. The smallest absolute Gasteiger partial charge is 0.209 e. The molecule has 2 saturated carbocycles. The van der Waals surface area contributed by atoms with E-state index in [4.69, 9.17) is 0 Å². The summed E-state index contributed by atoms with van der Waals surface area (Å²) in [5, 5.41) is 0. The van der Waals surface area contributed by atoms with Gasteiger partial charge < -0.3 is 0 Å². The molecule has 0 aromatic heterocycles. The summed E-state index contributed by atoms with van der Waals surface area (Å²) in [6.45, 7) is 0. The molecule has 0 N–H and O–H groups in total. The van der Waals surface area contributed by atoms with Crippen LogP contribution in [0.5, 0.6) is 0 Å². The zero-order chi connectivity index (χ0) is 20.7. The molecule has 0 aliphatic heterocycles. The van der Waals surface area contributed by atoms with Gasteiger partial charge in [0, 0.05) is 0 Å². The van der Waals surface area contributed by atoms with Gasteiger partial charge in [-0.25, -0.2) is 5.56 Å². The van der Waals surface area contributed by atoms with Gasteiger partial charge in [0.15, 0.2) is 0 Å². The van der Waals surface area contributed by atoms with E-state index in [0.717, 1.165) is 22.3 Å². The van der Waals surface area contributed by atoms with Crippen LogP contribution in [0.1, 0.15) is 80.9 Å². The van der Waals surface area contributed by atoms with Crippen LogP contribution in [0.25, 0.3) is 5.57 Å². The van der Waals surface area contributed by atoms with Crippen LogP contribution < -0.4 is 0 Å². The Labute approximate surface area is 208 Å². The summed E-state index contributed by atoms with van der Waals surface area (Å²) in [5.41, 5.74) is 4.35. The minimum atomic E-state index is 0. The molecule has 2 aliphatic rings. The topological polar surface area (TPSA) is 0 Å². The summed E-state index contributed by atoms with van der Waals surface area (Å²) in [6.07, 6.45) is 18.5. The molecule has 5 rings (SSSR count). The molecule has 0 amide bonds. The van der Waals surface area contributed by atoms with E-state index in [-0.39, 0.29) is 26.2 Å². The first kappa shape index (κ1) is 25.5. The van der Waals surface area contributed by atoms with Crippen LogP contribution in [0, 0.1) is 12.1 Å². The molecule has 0 nitrogen and oxygen atoms in total. The van der Waals surface area contributed by atoms with E-state index >= 15 is 0 Å². The van der Waals surface area contributed by atoms with Crippen molar-refractivity contribution in [1.29, 1.82) is 0 Å². The number of hydrogen-bond donors (Lipinski definition) is 0. The molecule has 0 radical (unpaired) electrons. The third-order valence-electron chi connectivity index (χ3n) is 5.58. The zero-order valence-corrected chi connectivity index (χ0v) is 21.1. The van der Waals surface area contributed by atoms with Gasteiger partial charge in [0.1, 0.15) is 0 Å². The maximum Gasteiger partial charge on any atom is 4.00 e. The van der Waals surface area contributed by atoms with Crippen molar-refractivity contribution in [3.8, 4) is 0 Å². The van der Waals surface area contributed by atoms with Crippen LogP contribution in [-0.2, 0) is 26.2 Å². The Morgan fingerprint density at radius 2 is 1.00 bits per heavy atom. The van der Waals surface area contributed by atoms with Gasteiger partial charge >= 0.3 is 26.2 Å². The molecule has 0 spiro atoms. The third kappa shape index (κ3) is 9.96. The number of benzene rings is 3. The van der Waals surface area contributed by atoms with Crippen molar-refractivity contribution in [3.05, 3.63) is 114 Å². The fraction of sp³-hybridized carbons (Fsp3) is 0.333. The van der Waals surface area contributed by atoms with Crippen LogP contribution in [0.4, 0.5) is 0 Å². The fourth-order valence-corrected chi connectivity index (χ4v) is 3.88. The van der Waals surface area contributed by atoms with Crippen molar-refractivity contribution in [2.75, 3.05) is 0 Å². The first-order valence-corrected chi connectivity index (χ1v) is 11.6. The van der Waals surface area contributed by atoms with Crippen molar-refractivity contribution in [1.82, 2.24) is 0 Å². The van der Waals surface area contributed by atoms with Gasteiger partial charge in [-0.15, -0.1) is 29.3 Å². The Balaban J connectivity index is 0.000000254. The third-order valence-corrected chi connectivity index (χ3v) is 5.58. The van der Waals surface area contributed by atoms with Gasteiger partial charge in [0.05, 0.1) is 0 Å². The van der Waals surface area contributed by atoms with Gasteiger partial charge in [-0.1, -0.05) is 113 Å². The fourth-order valence-electron chi connectivity index (χ4n) is 3.88. The van der Waals surface area contributed by atoms with E-state index in [1.165, 1.54) is 64.2 Å². The molecule has 0 saturated heterocycles. The molecule has 156 valence electrons. The van der Waals surface area contributed by atoms with Crippen molar-refractivity contribution in [2.45, 2.75) is 64.2 Å². The van der Waals surface area contributed by atoms with E-state index < -0.39 is 0 Å². The van der Waals surface area contributed by atoms with Gasteiger partial charge in [-0.2, -0.15) is 35.9 Å². The van der Waals surface area contributed by atoms with E-state index in [9.17, 15) is 0 Å². The second kappa shape index (κ2) is 16.0. The summed E-state index contributed by atoms with van der Waals surface area (Å²) in [5.74, 6) is 0. The molecule has 3 aromatic carbocycles. The van der Waals surface area contributed by atoms with E-state index in [1.54, 1.807) is 0 Å². The molecule has 1 heteroatoms. The Kier molecular flexibility index (Phi) is 13.2. The molecule has 0 heterocycles. The Morgan fingerprint density at radius 1 is 0.548 bits per heavy atom. The Hall–Kier alpha value is -1.72. The molecule has 2 fully saturated rings. The molecule has 2 aliphatic carbocycles. The monoisotopic (exact) mass is 484 g/mol. The van der Waals surface area contributed by atoms with Crippen LogP contribution in [-0.4, -0.2) is 0 Å². The van der Waals surface area contributed by atoms with E-state index in [1.807, 2.05) is 54.6 Å². The Bertz CT molecular complexity index is 763. The van der Waals surface area contributed by atoms with Crippen LogP contribution in [0.3, 0.4) is 0 Å². The van der Waals surface area contributed by atoms with Gasteiger partial charge in [-0.05, 0) is 0 Å². The maximum atomic E-state index is 3.50. The molecule has 31 heavy (non-hydrogen) atoms. The predicted molar refractivity (Wildman–Crippen MR) is 129 cm³/mol. The second-order valence-electron chi connectivity index (χ2n) is 8.04. The second-order valence-corrected chi connectivity index (χ2v) is 8.04. The first-order chi connectivity index (χ1) is 14.9. The molecule has 3 aromatic rings. The summed E-state index contributed by atoms with van der Waals surface area (Å²) < 4.78 is 0. The van der Waals surface area contributed by atoms with Crippen molar-refractivity contribution in [3.63, 3.8) is 0 Å². The average Bonchev–Trinajstić information content (AvgIpc) is 3.59. The predicted octanol–water partition coefficient (Wildman–Crippen LogP) is 8.67. The van der Waals surface area contributed by atoms with Crippen molar-refractivity contribution in [2.24, 2.45) is 0 Å². The van der Waals surface area contributed by atoms with E-state index in [0.29, 0.717) is 0 Å². The molecule has 0 bridgehead atoms. The van der Waals surface area contributed by atoms with Crippen molar-refractivity contribution < 1.29 is 26.2 Å². The van der Waals surface area contributed by atoms with Gasteiger partial charge in [-0.3, -0.25) is 0 Å². The van der Waals surface area contributed by atoms with Crippen LogP contribution in [0.15, 0.2) is 84.9 Å². The average molecular weight is 486 g/mol. The molecule has 0 atom stereocenters. The van der Waals surface area contributed by atoms with Gasteiger partial charge in [0.25, 0.3) is 0 Å². The largest absolute Gasteiger partial charge is 4.00 e. The van der Waals surface area contributed by atoms with Crippen molar-refractivity contribution >= 4 is 5.57 Å². The SMILES string of the molecule is C1CCCC1.C1CCCC1.[C-](=C(c1[c-]cccc1)c1ccccc1)c1ccccc1.[Zr+4]. The first-order valence-electron chi connectivity index (χ1n) is 11.6. The zero-order valence-electron chi connectivity index (χ0n) is 18.7. The minimum Gasteiger partial charge on any atom is -0.209 e. The quantitative estimate of drug-likeness (QED) is 0.257. The van der Waals surface area contributed by atoms with E-state index in [2.05, 4.69) is 42.5 Å². The standard InChI is InChI=1S/C20H14.2C5H10.Zr/c1-4-10-17(11-5-1)16-20(18-12-6-2-7-13-18)19-14-8-3-9-15-19;2*1-2-4-5-3-1;/h1-14H;2*1-5H2;/q-2;;;+4. The summed E-state index contributed by atoms with van der Waals surface area (Å²) in [6, 6.07) is 31.8. The molecule has 0 unspecified atom stereocenters. The molecular formula is C30H34Zr+2. The van der Waals surface area contributed by atoms with Crippen LogP contribution in [0.2, 0.25) is 0 Å². The summed E-state index contributed by atoms with van der Waals surface area (Å²) in [7, 11) is 0.